The molecule has 0 radical (unpaired) electrons. The Morgan fingerprint density at radius 1 is 0.958 bits per heavy atom. The van der Waals surface area contributed by atoms with Crippen molar-refractivity contribution in [2.45, 2.75) is 25.4 Å². The molecule has 0 unspecified atom stereocenters. The average molecular weight is 650 g/mol. The van der Waals surface area contributed by atoms with Gasteiger partial charge in [0.15, 0.2) is 11.6 Å². The summed E-state index contributed by atoms with van der Waals surface area (Å²) in [4.78, 5) is 33.2. The van der Waals surface area contributed by atoms with Crippen LogP contribution in [0.2, 0.25) is 0 Å². The van der Waals surface area contributed by atoms with Crippen LogP contribution in [0, 0.1) is 23.6 Å². The molecule has 0 saturated carbocycles. The minimum Gasteiger partial charge on any atom is -0.505 e. The highest BCUT2D eigenvalue weighted by Crippen LogP contribution is 2.47. The number of benzene rings is 3. The Morgan fingerprint density at radius 2 is 1.69 bits per heavy atom. The smallest absolute Gasteiger partial charge is 0.238 e. The number of halogens is 1. The van der Waals surface area contributed by atoms with E-state index in [0.717, 1.165) is 16.3 Å². The topological polar surface area (TPSA) is 143 Å². The first-order valence-electron chi connectivity index (χ1n) is 15.8. The lowest BCUT2D eigenvalue weighted by molar-refractivity contribution is -0.123. The first-order valence-corrected chi connectivity index (χ1v) is 15.8. The molecule has 9 nitrogen and oxygen atoms in total. The Balaban J connectivity index is 1.23. The number of aliphatic hydroxyl groups is 3. The number of aromatic hydroxyl groups is 1. The first-order chi connectivity index (χ1) is 23.3. The first kappa shape index (κ1) is 32.8. The molecule has 4 aromatic rings. The molecule has 1 aliphatic carbocycles. The zero-order valence-corrected chi connectivity index (χ0v) is 26.0. The summed E-state index contributed by atoms with van der Waals surface area (Å²) >= 11 is 0. The molecule has 10 heteroatoms. The van der Waals surface area contributed by atoms with Gasteiger partial charge >= 0.3 is 0 Å². The molecule has 1 aromatic heterocycles. The maximum absolute atomic E-state index is 14.1. The fourth-order valence-electron chi connectivity index (χ4n) is 6.83. The van der Waals surface area contributed by atoms with Gasteiger partial charge in [0.1, 0.15) is 0 Å². The molecule has 1 saturated heterocycles. The van der Waals surface area contributed by atoms with Crippen LogP contribution in [0.4, 0.5) is 21.5 Å². The predicted octanol–water partition coefficient (Wildman–Crippen LogP) is 5.46. The van der Waals surface area contributed by atoms with Crippen molar-refractivity contribution in [2.24, 2.45) is 17.8 Å². The minimum atomic E-state index is -1.16. The number of anilines is 3. The Hall–Kier alpha value is -5.16. The summed E-state index contributed by atoms with van der Waals surface area (Å²) in [6, 6.07) is 25.9. The number of pyridine rings is 1. The molecule has 4 atom stereocenters. The number of nitrogens with zero attached hydrogens (tertiary/aromatic N) is 2. The summed E-state index contributed by atoms with van der Waals surface area (Å²) < 4.78 is 14.1. The quantitative estimate of drug-likeness (QED) is 0.107. The van der Waals surface area contributed by atoms with Crippen molar-refractivity contribution >= 4 is 40.5 Å². The van der Waals surface area contributed by atoms with Gasteiger partial charge in [0.2, 0.25) is 11.8 Å². The van der Waals surface area contributed by atoms with Crippen LogP contribution in [0.3, 0.4) is 0 Å². The van der Waals surface area contributed by atoms with E-state index in [0.29, 0.717) is 33.7 Å². The molecule has 246 valence electrons. The van der Waals surface area contributed by atoms with E-state index in [4.69, 9.17) is 0 Å². The molecule has 0 bridgehead atoms. The number of allylic oxidation sites excluding steroid dienone is 1. The van der Waals surface area contributed by atoms with Gasteiger partial charge in [-0.15, -0.1) is 0 Å². The summed E-state index contributed by atoms with van der Waals surface area (Å²) in [6.45, 7) is -0.942. The molecule has 0 spiro atoms. The lowest BCUT2D eigenvalue weighted by atomic mass is 9.68. The van der Waals surface area contributed by atoms with Crippen LogP contribution in [0.25, 0.3) is 11.6 Å². The third-order valence-electron chi connectivity index (χ3n) is 9.11. The van der Waals surface area contributed by atoms with Crippen LogP contribution < -0.4 is 10.2 Å². The Kier molecular flexibility index (Phi) is 9.77. The van der Waals surface area contributed by atoms with E-state index < -0.39 is 60.5 Å². The molecule has 3 aromatic carbocycles. The highest BCUT2D eigenvalue weighted by molar-refractivity contribution is 6.22. The number of carbonyl (C=O) groups excluding carboxylic acids is 2. The number of amides is 2. The highest BCUT2D eigenvalue weighted by atomic mass is 19.1. The molecule has 2 amide bonds. The largest absolute Gasteiger partial charge is 0.505 e. The molecule has 2 heterocycles. The number of carbonyl (C=O) groups is 2. The Bertz CT molecular complexity index is 1850. The number of imide groups is 1. The highest BCUT2D eigenvalue weighted by Gasteiger charge is 2.55. The summed E-state index contributed by atoms with van der Waals surface area (Å²) in [5.74, 6) is -4.68. The van der Waals surface area contributed by atoms with Crippen molar-refractivity contribution in [3.8, 4) is 5.75 Å². The molecular weight excluding hydrogens is 613 g/mol. The number of hydrogen-bond acceptors (Lipinski definition) is 8. The average Bonchev–Trinajstić information content (AvgIpc) is 3.36. The van der Waals surface area contributed by atoms with Crippen molar-refractivity contribution in [1.29, 1.82) is 0 Å². The number of hydrogen-bond donors (Lipinski definition) is 5. The van der Waals surface area contributed by atoms with Gasteiger partial charge in [0.05, 0.1) is 42.5 Å². The van der Waals surface area contributed by atoms with Crippen molar-refractivity contribution in [2.75, 3.05) is 23.4 Å². The number of fused-ring (bicyclic) bond motifs is 1. The van der Waals surface area contributed by atoms with Crippen LogP contribution in [0.15, 0.2) is 108 Å². The van der Waals surface area contributed by atoms with Crippen LogP contribution in [0.5, 0.6) is 5.75 Å². The summed E-state index contributed by atoms with van der Waals surface area (Å²) in [5, 5.41) is 45.5. The van der Waals surface area contributed by atoms with Gasteiger partial charge in [0.25, 0.3) is 0 Å². The summed E-state index contributed by atoms with van der Waals surface area (Å²) in [6.07, 6.45) is 2.67. The number of rotatable bonds is 11. The standard InChI is InChI=1S/C38H36FN3O6/c39-31-19-23(9-15-33(31)45)18-24(32-8-4-5-17-40-32)10-16-34(46)35-25(21-43)20-29-36(30(35)22-44)38(48)42(37(29)47)28-13-11-27(12-14-28)41-26-6-2-1-3-7-26/h1-9,11-15,17-19,29-30,34,36,41,43-46H,10,16,20-22H2/b24-18-/t29-,30+,34-,36-/m1/s1. The van der Waals surface area contributed by atoms with E-state index >= 15 is 0 Å². The SMILES string of the molecule is O=C1[C@@H]2[C@@H](CC(CO)=C([C@H](O)CC/C(=C/c3ccc(O)c(F)c3)c3ccccn3)[C@@H]2CO)C(=O)N1c1ccc(Nc2ccccc2)cc1. The fraction of sp³-hybridized carbons (Fsp3) is 0.237. The van der Waals surface area contributed by atoms with E-state index in [-0.39, 0.29) is 19.3 Å². The summed E-state index contributed by atoms with van der Waals surface area (Å²) in [5.41, 5.74) is 4.64. The van der Waals surface area contributed by atoms with Crippen LogP contribution in [-0.2, 0) is 9.59 Å². The number of aromatic nitrogens is 1. The zero-order chi connectivity index (χ0) is 33.8. The van der Waals surface area contributed by atoms with Crippen molar-refractivity contribution in [3.63, 3.8) is 0 Å². The van der Waals surface area contributed by atoms with Gasteiger partial charge in [-0.1, -0.05) is 30.3 Å². The van der Waals surface area contributed by atoms with E-state index in [9.17, 15) is 34.4 Å². The number of aliphatic hydroxyl groups excluding tert-OH is 3. The summed E-state index contributed by atoms with van der Waals surface area (Å²) in [7, 11) is 0. The van der Waals surface area contributed by atoms with Crippen LogP contribution in [0.1, 0.15) is 30.5 Å². The van der Waals surface area contributed by atoms with Gasteiger partial charge in [-0.3, -0.25) is 19.5 Å². The normalized spacial score (nSPS) is 20.2. The van der Waals surface area contributed by atoms with Crippen LogP contribution >= 0.6 is 0 Å². The second-order valence-electron chi connectivity index (χ2n) is 12.0. The fourth-order valence-corrected chi connectivity index (χ4v) is 6.83. The number of nitrogens with one attached hydrogen (secondary N) is 1. The van der Waals surface area contributed by atoms with Gasteiger partial charge in [-0.25, -0.2) is 4.39 Å². The van der Waals surface area contributed by atoms with Crippen molar-refractivity contribution in [1.82, 2.24) is 4.98 Å². The maximum atomic E-state index is 14.1. The minimum absolute atomic E-state index is 0.0779. The van der Waals surface area contributed by atoms with Gasteiger partial charge in [0, 0.05) is 23.5 Å². The lowest BCUT2D eigenvalue weighted by Crippen LogP contribution is -2.39. The number of para-hydroxylation sites is 1. The van der Waals surface area contributed by atoms with Crippen LogP contribution in [-0.4, -0.2) is 56.5 Å². The van der Waals surface area contributed by atoms with E-state index in [1.807, 2.05) is 30.3 Å². The van der Waals surface area contributed by atoms with Crippen molar-refractivity contribution in [3.05, 3.63) is 125 Å². The predicted molar refractivity (Wildman–Crippen MR) is 180 cm³/mol. The second-order valence-corrected chi connectivity index (χ2v) is 12.0. The third kappa shape index (κ3) is 6.64. The molecule has 48 heavy (non-hydrogen) atoms. The second kappa shape index (κ2) is 14.3. The van der Waals surface area contributed by atoms with E-state index in [2.05, 4.69) is 10.3 Å². The molecule has 5 N–H and O–H groups in total. The molecule has 2 aliphatic rings. The van der Waals surface area contributed by atoms with Gasteiger partial charge in [-0.05, 0) is 108 Å². The Morgan fingerprint density at radius 3 is 2.35 bits per heavy atom. The maximum Gasteiger partial charge on any atom is 0.238 e. The molecule has 1 fully saturated rings. The number of phenols is 1. The molecular formula is C38H36FN3O6. The van der Waals surface area contributed by atoms with E-state index in [1.54, 1.807) is 60.8 Å². The van der Waals surface area contributed by atoms with Gasteiger partial charge in [-0.2, -0.15) is 0 Å². The molecule has 1 aliphatic heterocycles. The Labute approximate surface area is 277 Å². The lowest BCUT2D eigenvalue weighted by Gasteiger charge is -2.36. The third-order valence-corrected chi connectivity index (χ3v) is 9.11. The number of phenolic OH excluding ortho intramolecular Hbond substituents is 1. The molecule has 6 rings (SSSR count). The van der Waals surface area contributed by atoms with Gasteiger partial charge < -0.3 is 25.7 Å². The zero-order valence-electron chi connectivity index (χ0n) is 26.0. The monoisotopic (exact) mass is 649 g/mol. The van der Waals surface area contributed by atoms with Crippen molar-refractivity contribution < 1.29 is 34.4 Å². The van der Waals surface area contributed by atoms with E-state index in [1.165, 1.54) is 12.1 Å².